The molecule has 0 unspecified atom stereocenters. The molecule has 1 N–H and O–H groups in total. The van der Waals surface area contributed by atoms with E-state index in [2.05, 4.69) is 0 Å². The van der Waals surface area contributed by atoms with Crippen molar-refractivity contribution in [1.29, 1.82) is 0 Å². The second-order valence-corrected chi connectivity index (χ2v) is 3.01. The quantitative estimate of drug-likeness (QED) is 0.596. The van der Waals surface area contributed by atoms with Crippen LogP contribution in [0.15, 0.2) is 0 Å². The molecule has 0 radical (unpaired) electrons. The fraction of sp³-hybridized carbons (Fsp3) is 0.750. The van der Waals surface area contributed by atoms with Crippen molar-refractivity contribution in [2.24, 2.45) is 5.92 Å². The number of hydrogen-bond acceptors (Lipinski definition) is 3. The molecular weight excluding hydrogens is 158 g/mol. The summed E-state index contributed by atoms with van der Waals surface area (Å²) in [6, 6.07) is 0. The smallest absolute Gasteiger partial charge is 0.229 e. The van der Waals surface area contributed by atoms with Crippen molar-refractivity contribution in [2.45, 2.75) is 20.3 Å². The van der Waals surface area contributed by atoms with Crippen LogP contribution in [0.25, 0.3) is 0 Å². The predicted molar refractivity (Wildman–Crippen MR) is 44.3 cm³/mol. The van der Waals surface area contributed by atoms with Crippen molar-refractivity contribution < 1.29 is 14.7 Å². The number of carbonyl (C=O) groups excluding carboxylic acids is 2. The van der Waals surface area contributed by atoms with Crippen molar-refractivity contribution in [2.75, 3.05) is 13.2 Å². The van der Waals surface area contributed by atoms with E-state index in [0.29, 0.717) is 12.8 Å². The molecule has 0 aliphatic carbocycles. The average molecular weight is 173 g/mol. The Hall–Kier alpha value is -0.900. The average Bonchev–Trinajstić information content (AvgIpc) is 1.98. The Morgan fingerprint density at radius 3 is 2.50 bits per heavy atom. The zero-order valence-corrected chi connectivity index (χ0v) is 7.49. The minimum absolute atomic E-state index is 0.0923. The third kappa shape index (κ3) is 4.08. The highest BCUT2D eigenvalue weighted by Crippen LogP contribution is 2.02. The van der Waals surface area contributed by atoms with Crippen LogP contribution < -0.4 is 0 Å². The number of imide groups is 1. The van der Waals surface area contributed by atoms with Crippen molar-refractivity contribution in [1.82, 2.24) is 4.90 Å². The van der Waals surface area contributed by atoms with Gasteiger partial charge in [-0.25, -0.2) is 0 Å². The maximum Gasteiger partial charge on any atom is 0.229 e. The van der Waals surface area contributed by atoms with E-state index in [4.69, 9.17) is 5.11 Å². The van der Waals surface area contributed by atoms with Gasteiger partial charge >= 0.3 is 0 Å². The monoisotopic (exact) mass is 173 g/mol. The molecule has 0 rings (SSSR count). The van der Waals surface area contributed by atoms with Crippen LogP contribution in [0.4, 0.5) is 0 Å². The summed E-state index contributed by atoms with van der Waals surface area (Å²) in [7, 11) is 0. The molecular formula is C8H15NO3. The zero-order chi connectivity index (χ0) is 9.56. The lowest BCUT2D eigenvalue weighted by molar-refractivity contribution is -0.139. The molecule has 0 atom stereocenters. The van der Waals surface area contributed by atoms with Gasteiger partial charge in [0.15, 0.2) is 0 Å². The minimum Gasteiger partial charge on any atom is -0.395 e. The lowest BCUT2D eigenvalue weighted by atomic mass is 10.1. The van der Waals surface area contributed by atoms with Crippen LogP contribution >= 0.6 is 0 Å². The number of aliphatic hydroxyl groups excluding tert-OH is 1. The lowest BCUT2D eigenvalue weighted by Crippen LogP contribution is -2.32. The maximum absolute atomic E-state index is 11.2. The third-order valence-corrected chi connectivity index (χ3v) is 1.37. The Labute approximate surface area is 72.2 Å². The molecule has 2 amide bonds. The van der Waals surface area contributed by atoms with E-state index in [1.807, 2.05) is 13.8 Å². The van der Waals surface area contributed by atoms with Crippen LogP contribution in [-0.2, 0) is 9.59 Å². The van der Waals surface area contributed by atoms with Crippen LogP contribution in [0.2, 0.25) is 0 Å². The molecule has 0 heterocycles. The van der Waals surface area contributed by atoms with Gasteiger partial charge in [-0.1, -0.05) is 13.8 Å². The lowest BCUT2D eigenvalue weighted by Gasteiger charge is -2.14. The summed E-state index contributed by atoms with van der Waals surface area (Å²) >= 11 is 0. The predicted octanol–water partition coefficient (Wildman–Crippen LogP) is 0.00980. The van der Waals surface area contributed by atoms with E-state index in [0.717, 1.165) is 4.90 Å². The van der Waals surface area contributed by atoms with Gasteiger partial charge in [-0.15, -0.1) is 0 Å². The van der Waals surface area contributed by atoms with Crippen LogP contribution in [0, 0.1) is 5.92 Å². The first-order valence-electron chi connectivity index (χ1n) is 3.97. The van der Waals surface area contributed by atoms with E-state index in [1.54, 1.807) is 0 Å². The Balaban J connectivity index is 3.93. The standard InChI is InChI=1S/C8H15NO3/c1-7(2)5-8(12)9(6-11)3-4-10/h6-7,10H,3-5H2,1-2H3. The topological polar surface area (TPSA) is 57.6 Å². The summed E-state index contributed by atoms with van der Waals surface area (Å²) in [5.74, 6) is 0.00712. The van der Waals surface area contributed by atoms with E-state index >= 15 is 0 Å². The Morgan fingerprint density at radius 1 is 1.58 bits per heavy atom. The van der Waals surface area contributed by atoms with Gasteiger partial charge in [0.05, 0.1) is 13.2 Å². The Bertz CT molecular complexity index is 156. The summed E-state index contributed by atoms with van der Waals surface area (Å²) in [6.45, 7) is 3.72. The van der Waals surface area contributed by atoms with Gasteiger partial charge in [0.1, 0.15) is 0 Å². The van der Waals surface area contributed by atoms with Gasteiger partial charge in [-0.3, -0.25) is 14.5 Å². The van der Waals surface area contributed by atoms with Crippen LogP contribution in [-0.4, -0.2) is 35.5 Å². The molecule has 0 spiro atoms. The molecule has 0 saturated heterocycles. The molecule has 0 bridgehead atoms. The first-order valence-corrected chi connectivity index (χ1v) is 3.97. The number of hydrogen-bond donors (Lipinski definition) is 1. The molecule has 4 heteroatoms. The second kappa shape index (κ2) is 5.71. The van der Waals surface area contributed by atoms with Crippen molar-refractivity contribution in [3.8, 4) is 0 Å². The van der Waals surface area contributed by atoms with Gasteiger partial charge in [0.25, 0.3) is 0 Å². The number of nitrogens with zero attached hydrogens (tertiary/aromatic N) is 1. The van der Waals surface area contributed by atoms with E-state index in [-0.39, 0.29) is 25.0 Å². The molecule has 0 aromatic carbocycles. The fourth-order valence-electron chi connectivity index (χ4n) is 0.810. The number of aliphatic hydroxyl groups is 1. The summed E-state index contributed by atoms with van der Waals surface area (Å²) in [4.78, 5) is 22.5. The highest BCUT2D eigenvalue weighted by Gasteiger charge is 2.12. The van der Waals surface area contributed by atoms with Crippen LogP contribution in [0.3, 0.4) is 0 Å². The number of carbonyl (C=O) groups is 2. The van der Waals surface area contributed by atoms with Gasteiger partial charge in [0.2, 0.25) is 12.3 Å². The first-order chi connectivity index (χ1) is 5.61. The molecule has 0 saturated carbocycles. The molecule has 0 aromatic rings. The Morgan fingerprint density at radius 2 is 2.17 bits per heavy atom. The van der Waals surface area contributed by atoms with Gasteiger partial charge in [-0.2, -0.15) is 0 Å². The van der Waals surface area contributed by atoms with Crippen molar-refractivity contribution >= 4 is 12.3 Å². The van der Waals surface area contributed by atoms with E-state index < -0.39 is 0 Å². The number of amides is 2. The van der Waals surface area contributed by atoms with Crippen molar-refractivity contribution in [3.05, 3.63) is 0 Å². The third-order valence-electron chi connectivity index (χ3n) is 1.37. The molecule has 0 aliphatic heterocycles. The molecule has 70 valence electrons. The molecule has 4 nitrogen and oxygen atoms in total. The maximum atomic E-state index is 11.2. The van der Waals surface area contributed by atoms with Crippen LogP contribution in [0.1, 0.15) is 20.3 Å². The summed E-state index contributed by atoms with van der Waals surface area (Å²) in [6.07, 6.45) is 0.805. The fourth-order valence-corrected chi connectivity index (χ4v) is 0.810. The van der Waals surface area contributed by atoms with Gasteiger partial charge in [-0.05, 0) is 5.92 Å². The van der Waals surface area contributed by atoms with Gasteiger partial charge in [0, 0.05) is 6.42 Å². The highest BCUT2D eigenvalue weighted by atomic mass is 16.3. The number of rotatable bonds is 5. The van der Waals surface area contributed by atoms with Crippen LogP contribution in [0.5, 0.6) is 0 Å². The van der Waals surface area contributed by atoms with E-state index in [1.165, 1.54) is 0 Å². The first kappa shape index (κ1) is 11.1. The highest BCUT2D eigenvalue weighted by molar-refractivity contribution is 5.86. The van der Waals surface area contributed by atoms with E-state index in [9.17, 15) is 9.59 Å². The summed E-state index contributed by atoms with van der Waals surface area (Å²) in [5.41, 5.74) is 0. The molecule has 0 aliphatic rings. The summed E-state index contributed by atoms with van der Waals surface area (Å²) < 4.78 is 0. The minimum atomic E-state index is -0.228. The largest absolute Gasteiger partial charge is 0.395 e. The molecule has 12 heavy (non-hydrogen) atoms. The summed E-state index contributed by atoms with van der Waals surface area (Å²) in [5, 5.41) is 8.50. The van der Waals surface area contributed by atoms with Crippen molar-refractivity contribution in [3.63, 3.8) is 0 Å². The SMILES string of the molecule is CC(C)CC(=O)N(C=O)CCO. The normalized spacial score (nSPS) is 10.0. The zero-order valence-electron chi connectivity index (χ0n) is 7.49. The second-order valence-electron chi connectivity index (χ2n) is 3.01. The molecule has 0 fully saturated rings. The van der Waals surface area contributed by atoms with Gasteiger partial charge < -0.3 is 5.11 Å². The Kier molecular flexibility index (Phi) is 5.28. The molecule has 0 aromatic heterocycles.